The molecule has 0 aromatic carbocycles. The van der Waals surface area contributed by atoms with Crippen molar-refractivity contribution >= 4 is 34.2 Å². The molecule has 7 heteroatoms. The van der Waals surface area contributed by atoms with E-state index >= 15 is 0 Å². The van der Waals surface area contributed by atoms with Gasteiger partial charge >= 0.3 is 5.97 Å². The molecule has 5 nitrogen and oxygen atoms in total. The molecule has 0 bridgehead atoms. The molecule has 17 heavy (non-hydrogen) atoms. The second kappa shape index (κ2) is 5.97. The summed E-state index contributed by atoms with van der Waals surface area (Å²) in [7, 11) is -0.943. The molecule has 0 saturated heterocycles. The van der Waals surface area contributed by atoms with Gasteiger partial charge in [-0.05, 0) is 19.1 Å². The number of nitrogens with one attached hydrogen (secondary N) is 1. The number of anilines is 1. The number of carboxylic acids is 1. The molecule has 2 unspecified atom stereocenters. The molecule has 1 aromatic rings. The Balaban J connectivity index is 2.78. The Hall–Kier alpha value is -1.14. The molecule has 1 rings (SSSR count). The molecule has 0 spiro atoms. The van der Waals surface area contributed by atoms with Crippen LogP contribution in [0.4, 0.5) is 5.82 Å². The third-order valence-electron chi connectivity index (χ3n) is 2.18. The van der Waals surface area contributed by atoms with E-state index in [4.69, 9.17) is 16.7 Å². The van der Waals surface area contributed by atoms with Crippen LogP contribution in [0, 0.1) is 0 Å². The Kier molecular flexibility index (Phi) is 4.89. The minimum Gasteiger partial charge on any atom is -0.478 e. The highest BCUT2D eigenvalue weighted by Crippen LogP contribution is 2.14. The van der Waals surface area contributed by atoms with Gasteiger partial charge in [0.1, 0.15) is 11.0 Å². The van der Waals surface area contributed by atoms with Crippen LogP contribution in [0.2, 0.25) is 5.15 Å². The summed E-state index contributed by atoms with van der Waals surface area (Å²) in [6, 6.07) is 2.66. The zero-order valence-electron chi connectivity index (χ0n) is 9.44. The van der Waals surface area contributed by atoms with Crippen LogP contribution in [-0.2, 0) is 10.8 Å². The number of nitrogens with zero attached hydrogens (tertiary/aromatic N) is 1. The molecule has 94 valence electrons. The molecule has 2 atom stereocenters. The van der Waals surface area contributed by atoms with Crippen LogP contribution in [0.1, 0.15) is 17.3 Å². The smallest absolute Gasteiger partial charge is 0.335 e. The number of hydrogen-bond acceptors (Lipinski definition) is 4. The van der Waals surface area contributed by atoms with E-state index in [1.807, 2.05) is 6.92 Å². The summed E-state index contributed by atoms with van der Waals surface area (Å²) < 4.78 is 11.1. The highest BCUT2D eigenvalue weighted by atomic mass is 35.5. The average Bonchev–Trinajstić information content (AvgIpc) is 2.24. The van der Waals surface area contributed by atoms with E-state index in [0.717, 1.165) is 0 Å². The maximum absolute atomic E-state index is 11.1. The number of rotatable bonds is 5. The minimum absolute atomic E-state index is 0.0518. The fourth-order valence-corrected chi connectivity index (χ4v) is 1.60. The van der Waals surface area contributed by atoms with Crippen molar-refractivity contribution in [2.45, 2.75) is 12.2 Å². The SMILES string of the molecule is CC(CNc1cc(C(=O)O)cc(Cl)n1)S(C)=O. The van der Waals surface area contributed by atoms with Crippen LogP contribution in [0.5, 0.6) is 0 Å². The number of halogens is 1. The molecule has 0 aliphatic rings. The van der Waals surface area contributed by atoms with Gasteiger partial charge in [0.25, 0.3) is 0 Å². The number of carbonyl (C=O) groups is 1. The summed E-state index contributed by atoms with van der Waals surface area (Å²) in [4.78, 5) is 14.7. The standard InChI is InChI=1S/C10H13ClN2O3S/c1-6(17(2)16)5-12-9-4-7(10(14)15)3-8(11)13-9/h3-4,6H,5H2,1-2H3,(H,12,13)(H,14,15). The van der Waals surface area contributed by atoms with E-state index in [9.17, 15) is 9.00 Å². The summed E-state index contributed by atoms with van der Waals surface area (Å²) >= 11 is 5.70. The lowest BCUT2D eigenvalue weighted by Crippen LogP contribution is -2.21. The highest BCUT2D eigenvalue weighted by molar-refractivity contribution is 7.84. The lowest BCUT2D eigenvalue weighted by Gasteiger charge is -2.11. The number of aromatic carboxylic acids is 1. The monoisotopic (exact) mass is 276 g/mol. The van der Waals surface area contributed by atoms with Gasteiger partial charge < -0.3 is 10.4 Å². The van der Waals surface area contributed by atoms with Crippen molar-refractivity contribution in [3.05, 3.63) is 22.8 Å². The first-order valence-corrected chi connectivity index (χ1v) is 6.87. The molecule has 0 aliphatic heterocycles. The third-order valence-corrected chi connectivity index (χ3v) is 3.67. The Morgan fingerprint density at radius 3 is 2.82 bits per heavy atom. The number of hydrogen-bond donors (Lipinski definition) is 2. The lowest BCUT2D eigenvalue weighted by molar-refractivity contribution is 0.0697. The normalized spacial score (nSPS) is 14.1. The van der Waals surface area contributed by atoms with Gasteiger partial charge in [0.05, 0.1) is 5.56 Å². The maximum Gasteiger partial charge on any atom is 0.335 e. The van der Waals surface area contributed by atoms with Crippen molar-refractivity contribution in [3.8, 4) is 0 Å². The molecule has 0 amide bonds. The Morgan fingerprint density at radius 2 is 2.29 bits per heavy atom. The fourth-order valence-electron chi connectivity index (χ4n) is 1.08. The molecular formula is C10H13ClN2O3S. The van der Waals surface area contributed by atoms with Gasteiger partial charge in [-0.25, -0.2) is 9.78 Å². The predicted octanol–water partition coefficient (Wildman–Crippen LogP) is 1.61. The van der Waals surface area contributed by atoms with Gasteiger partial charge in [-0.2, -0.15) is 0 Å². The van der Waals surface area contributed by atoms with Crippen LogP contribution in [0.15, 0.2) is 12.1 Å². The van der Waals surface area contributed by atoms with Crippen molar-refractivity contribution in [1.29, 1.82) is 0 Å². The summed E-state index contributed by atoms with van der Waals surface area (Å²) in [6.45, 7) is 2.27. The number of carboxylic acid groups (broad SMARTS) is 1. The van der Waals surface area contributed by atoms with E-state index in [1.54, 1.807) is 6.26 Å². The second-order valence-corrected chi connectivity index (χ2v) is 5.75. The topological polar surface area (TPSA) is 79.3 Å². The molecule has 0 aliphatic carbocycles. The first-order chi connectivity index (χ1) is 7.90. The molecule has 0 fully saturated rings. The van der Waals surface area contributed by atoms with Crippen molar-refractivity contribution < 1.29 is 14.1 Å². The van der Waals surface area contributed by atoms with Crippen molar-refractivity contribution in [2.24, 2.45) is 0 Å². The summed E-state index contributed by atoms with van der Waals surface area (Å²) in [6.07, 6.45) is 1.61. The van der Waals surface area contributed by atoms with Gasteiger partial charge in [-0.15, -0.1) is 0 Å². The Morgan fingerprint density at radius 1 is 1.65 bits per heavy atom. The van der Waals surface area contributed by atoms with Crippen molar-refractivity contribution in [3.63, 3.8) is 0 Å². The minimum atomic E-state index is -1.07. The van der Waals surface area contributed by atoms with Crippen LogP contribution < -0.4 is 5.32 Å². The number of pyridine rings is 1. The van der Waals surface area contributed by atoms with Crippen LogP contribution >= 0.6 is 11.6 Å². The molecule has 1 heterocycles. The first kappa shape index (κ1) is 13.9. The first-order valence-electron chi connectivity index (χ1n) is 4.87. The molecular weight excluding hydrogens is 264 g/mol. The fraction of sp³-hybridized carbons (Fsp3) is 0.400. The number of aromatic nitrogens is 1. The van der Waals surface area contributed by atoms with Gasteiger partial charge in [-0.3, -0.25) is 4.21 Å². The van der Waals surface area contributed by atoms with Crippen LogP contribution in [0.25, 0.3) is 0 Å². The zero-order valence-corrected chi connectivity index (χ0v) is 11.0. The van der Waals surface area contributed by atoms with Gasteiger partial charge in [0.15, 0.2) is 0 Å². The quantitative estimate of drug-likeness (QED) is 0.799. The Bertz CT molecular complexity index is 453. The summed E-state index contributed by atoms with van der Waals surface area (Å²) in [5.41, 5.74) is 0.0674. The van der Waals surface area contributed by atoms with Crippen LogP contribution in [-0.4, -0.2) is 38.3 Å². The van der Waals surface area contributed by atoms with Crippen molar-refractivity contribution in [2.75, 3.05) is 18.1 Å². The lowest BCUT2D eigenvalue weighted by atomic mass is 10.2. The van der Waals surface area contributed by atoms with E-state index < -0.39 is 16.8 Å². The van der Waals surface area contributed by atoms with E-state index in [-0.39, 0.29) is 16.0 Å². The van der Waals surface area contributed by atoms with E-state index in [2.05, 4.69) is 10.3 Å². The average molecular weight is 277 g/mol. The molecule has 1 aromatic heterocycles. The maximum atomic E-state index is 11.1. The Labute approximate surface area is 107 Å². The van der Waals surface area contributed by atoms with Crippen molar-refractivity contribution in [1.82, 2.24) is 4.98 Å². The summed E-state index contributed by atoms with van der Waals surface area (Å²) in [5.74, 6) is -0.698. The largest absolute Gasteiger partial charge is 0.478 e. The third kappa shape index (κ3) is 4.32. The molecule has 0 radical (unpaired) electrons. The van der Waals surface area contributed by atoms with Crippen LogP contribution in [0.3, 0.4) is 0 Å². The second-order valence-electron chi connectivity index (χ2n) is 3.56. The van der Waals surface area contributed by atoms with Gasteiger partial charge in [-0.1, -0.05) is 11.6 Å². The predicted molar refractivity (Wildman–Crippen MR) is 68.2 cm³/mol. The van der Waals surface area contributed by atoms with Gasteiger partial charge in [0, 0.05) is 28.9 Å². The van der Waals surface area contributed by atoms with E-state index in [1.165, 1.54) is 12.1 Å². The van der Waals surface area contributed by atoms with E-state index in [0.29, 0.717) is 12.4 Å². The zero-order chi connectivity index (χ0) is 13.0. The summed E-state index contributed by atoms with van der Waals surface area (Å²) in [5, 5.41) is 11.8. The molecule has 2 N–H and O–H groups in total. The molecule has 0 saturated carbocycles. The van der Waals surface area contributed by atoms with Gasteiger partial charge in [0.2, 0.25) is 0 Å². The highest BCUT2D eigenvalue weighted by Gasteiger charge is 2.09.